The largest absolute Gasteiger partial charge is 0.381 e. The number of nitrogens with zero attached hydrogens (tertiary/aromatic N) is 2. The minimum Gasteiger partial charge on any atom is -0.381 e. The summed E-state index contributed by atoms with van der Waals surface area (Å²) in [5.41, 5.74) is 1.97. The van der Waals surface area contributed by atoms with Crippen molar-refractivity contribution < 1.29 is 9.53 Å². The van der Waals surface area contributed by atoms with E-state index in [0.29, 0.717) is 5.92 Å². The summed E-state index contributed by atoms with van der Waals surface area (Å²) in [4.78, 5) is 20.7. The number of ether oxygens (including phenoxy) is 1. The van der Waals surface area contributed by atoms with E-state index >= 15 is 0 Å². The van der Waals surface area contributed by atoms with E-state index in [2.05, 4.69) is 16.9 Å². The number of fused-ring (bicyclic) bond motifs is 1. The number of hydrogen-bond acceptors (Lipinski definition) is 3. The van der Waals surface area contributed by atoms with Crippen molar-refractivity contribution in [2.45, 2.75) is 31.2 Å². The third-order valence-electron chi connectivity index (χ3n) is 6.83. The maximum Gasteiger partial charge on any atom is 0.256 e. The van der Waals surface area contributed by atoms with Crippen LogP contribution in [-0.4, -0.2) is 66.1 Å². The van der Waals surface area contributed by atoms with Gasteiger partial charge >= 0.3 is 0 Å². The first kappa shape index (κ1) is 17.3. The topological polar surface area (TPSA) is 48.6 Å². The Balaban J connectivity index is 1.22. The summed E-state index contributed by atoms with van der Waals surface area (Å²) in [5.74, 6) is 1.61. The highest BCUT2D eigenvalue weighted by molar-refractivity contribution is 6.07. The number of aromatic nitrogens is 1. The first-order valence-electron chi connectivity index (χ1n) is 10.3. The van der Waals surface area contributed by atoms with Gasteiger partial charge in [0.25, 0.3) is 5.91 Å². The molecule has 1 amide bonds. The lowest BCUT2D eigenvalue weighted by Gasteiger charge is -2.58. The number of aromatic amines is 1. The SMILES string of the molecule is CN1CCC(COCC2CC2)CC12CN(C(=O)c1c[nH]c3ccccc13)C2. The second-order valence-electron chi connectivity index (χ2n) is 8.89. The van der Waals surface area contributed by atoms with Crippen molar-refractivity contribution in [1.82, 2.24) is 14.8 Å². The Bertz CT molecular complexity index is 835. The highest BCUT2D eigenvalue weighted by Crippen LogP contribution is 2.39. The highest BCUT2D eigenvalue weighted by Gasteiger charge is 2.51. The fourth-order valence-corrected chi connectivity index (χ4v) is 4.83. The fraction of sp³-hybridized carbons (Fsp3) is 0.591. The molecule has 2 aromatic rings. The van der Waals surface area contributed by atoms with Crippen LogP contribution in [0.25, 0.3) is 10.9 Å². The van der Waals surface area contributed by atoms with Gasteiger partial charge in [0.05, 0.1) is 11.1 Å². The van der Waals surface area contributed by atoms with E-state index in [9.17, 15) is 4.79 Å². The lowest BCUT2D eigenvalue weighted by atomic mass is 9.75. The predicted octanol–water partition coefficient (Wildman–Crippen LogP) is 3.13. The van der Waals surface area contributed by atoms with E-state index in [-0.39, 0.29) is 11.4 Å². The van der Waals surface area contributed by atoms with Gasteiger partial charge in [-0.3, -0.25) is 9.69 Å². The number of benzene rings is 1. The molecule has 3 aliphatic rings. The zero-order chi connectivity index (χ0) is 18.4. The number of carbonyl (C=O) groups excluding carboxylic acids is 1. The smallest absolute Gasteiger partial charge is 0.256 e. The van der Waals surface area contributed by atoms with Crippen molar-refractivity contribution in [2.24, 2.45) is 11.8 Å². The average molecular weight is 367 g/mol. The molecule has 1 spiro atoms. The Kier molecular flexibility index (Phi) is 4.25. The van der Waals surface area contributed by atoms with Gasteiger partial charge in [-0.2, -0.15) is 0 Å². The molecule has 5 heteroatoms. The second-order valence-corrected chi connectivity index (χ2v) is 8.89. The first-order chi connectivity index (χ1) is 13.1. The van der Waals surface area contributed by atoms with Crippen LogP contribution in [0.15, 0.2) is 30.5 Å². The minimum atomic E-state index is 0.146. The van der Waals surface area contributed by atoms with Crippen LogP contribution >= 0.6 is 0 Å². The van der Waals surface area contributed by atoms with Gasteiger partial charge in [-0.05, 0) is 57.2 Å². The molecule has 1 N–H and O–H groups in total. The Morgan fingerprint density at radius 1 is 1.19 bits per heavy atom. The number of carbonyl (C=O) groups is 1. The van der Waals surface area contributed by atoms with Gasteiger partial charge in [0.15, 0.2) is 0 Å². The van der Waals surface area contributed by atoms with Gasteiger partial charge in [-0.15, -0.1) is 0 Å². The van der Waals surface area contributed by atoms with Crippen molar-refractivity contribution in [3.8, 4) is 0 Å². The maximum absolute atomic E-state index is 13.0. The Labute approximate surface area is 160 Å². The quantitative estimate of drug-likeness (QED) is 0.883. The molecule has 1 aliphatic carbocycles. The lowest BCUT2D eigenvalue weighted by Crippen LogP contribution is -2.72. The van der Waals surface area contributed by atoms with Gasteiger partial charge in [0, 0.05) is 43.4 Å². The summed E-state index contributed by atoms with van der Waals surface area (Å²) in [7, 11) is 2.22. The molecule has 0 radical (unpaired) electrons. The molecule has 1 saturated carbocycles. The molecule has 1 aromatic heterocycles. The molecule has 3 fully saturated rings. The van der Waals surface area contributed by atoms with Crippen molar-refractivity contribution >= 4 is 16.8 Å². The van der Waals surface area contributed by atoms with Crippen molar-refractivity contribution in [3.05, 3.63) is 36.0 Å². The Morgan fingerprint density at radius 2 is 1.96 bits per heavy atom. The van der Waals surface area contributed by atoms with Gasteiger partial charge in [-0.1, -0.05) is 18.2 Å². The Morgan fingerprint density at radius 3 is 2.78 bits per heavy atom. The van der Waals surface area contributed by atoms with E-state index in [1.165, 1.54) is 19.3 Å². The number of nitrogens with one attached hydrogen (secondary N) is 1. The van der Waals surface area contributed by atoms with Crippen molar-refractivity contribution in [1.29, 1.82) is 0 Å². The van der Waals surface area contributed by atoms with E-state index in [1.807, 2.05) is 35.4 Å². The summed E-state index contributed by atoms with van der Waals surface area (Å²) in [5, 5.41) is 1.02. The van der Waals surface area contributed by atoms with Crippen LogP contribution in [0.3, 0.4) is 0 Å². The van der Waals surface area contributed by atoms with Crippen LogP contribution in [-0.2, 0) is 4.74 Å². The maximum atomic E-state index is 13.0. The molecule has 27 heavy (non-hydrogen) atoms. The summed E-state index contributed by atoms with van der Waals surface area (Å²) in [6.45, 7) is 4.61. The van der Waals surface area contributed by atoms with Crippen LogP contribution in [0, 0.1) is 11.8 Å². The molecule has 5 nitrogen and oxygen atoms in total. The van der Waals surface area contributed by atoms with Crippen LogP contribution in [0.5, 0.6) is 0 Å². The number of amides is 1. The lowest BCUT2D eigenvalue weighted by molar-refractivity contribution is -0.0761. The second kappa shape index (κ2) is 6.64. The van der Waals surface area contributed by atoms with Gasteiger partial charge in [-0.25, -0.2) is 0 Å². The van der Waals surface area contributed by atoms with Crippen LogP contribution in [0.2, 0.25) is 0 Å². The molecule has 1 unspecified atom stereocenters. The molecule has 5 rings (SSSR count). The summed E-state index contributed by atoms with van der Waals surface area (Å²) >= 11 is 0. The standard InChI is InChI=1S/C22H29N3O2/c1-24-9-8-17(13-27-12-16-6-7-16)10-22(24)14-25(15-22)21(26)19-11-23-20-5-3-2-4-18(19)20/h2-5,11,16-17,23H,6-10,12-15H2,1H3. The van der Waals surface area contributed by atoms with E-state index in [0.717, 1.165) is 61.7 Å². The number of piperidine rings is 1. The fourth-order valence-electron chi connectivity index (χ4n) is 4.83. The van der Waals surface area contributed by atoms with E-state index < -0.39 is 0 Å². The summed E-state index contributed by atoms with van der Waals surface area (Å²) < 4.78 is 5.97. The van der Waals surface area contributed by atoms with Crippen LogP contribution in [0.4, 0.5) is 0 Å². The Hall–Kier alpha value is -1.85. The van der Waals surface area contributed by atoms with Gasteiger partial charge < -0.3 is 14.6 Å². The highest BCUT2D eigenvalue weighted by atomic mass is 16.5. The number of para-hydroxylation sites is 1. The third-order valence-corrected chi connectivity index (χ3v) is 6.83. The normalized spacial score (nSPS) is 25.1. The summed E-state index contributed by atoms with van der Waals surface area (Å²) in [6, 6.07) is 8.03. The molecular formula is C22H29N3O2. The zero-order valence-corrected chi connectivity index (χ0v) is 16.1. The number of likely N-dealkylation sites (tertiary alicyclic amines) is 2. The summed E-state index contributed by atoms with van der Waals surface area (Å²) in [6.07, 6.45) is 6.91. The zero-order valence-electron chi connectivity index (χ0n) is 16.1. The molecule has 1 aromatic carbocycles. The first-order valence-corrected chi connectivity index (χ1v) is 10.3. The molecule has 3 heterocycles. The molecular weight excluding hydrogens is 338 g/mol. The molecule has 0 bridgehead atoms. The molecule has 144 valence electrons. The van der Waals surface area contributed by atoms with Crippen molar-refractivity contribution in [3.63, 3.8) is 0 Å². The van der Waals surface area contributed by atoms with Crippen LogP contribution < -0.4 is 0 Å². The number of likely N-dealkylation sites (N-methyl/N-ethyl adjacent to an activating group) is 1. The van der Waals surface area contributed by atoms with Gasteiger partial charge in [0.2, 0.25) is 0 Å². The number of H-pyrrole nitrogens is 1. The number of rotatable bonds is 5. The van der Waals surface area contributed by atoms with Crippen LogP contribution in [0.1, 0.15) is 36.0 Å². The average Bonchev–Trinajstić information content (AvgIpc) is 3.37. The van der Waals surface area contributed by atoms with Crippen molar-refractivity contribution in [2.75, 3.05) is 39.9 Å². The molecule has 1 atom stereocenters. The monoisotopic (exact) mass is 367 g/mol. The van der Waals surface area contributed by atoms with E-state index in [4.69, 9.17) is 4.74 Å². The molecule has 2 aliphatic heterocycles. The molecule has 2 saturated heterocycles. The van der Waals surface area contributed by atoms with E-state index in [1.54, 1.807) is 0 Å². The predicted molar refractivity (Wildman–Crippen MR) is 106 cm³/mol. The number of hydrogen-bond donors (Lipinski definition) is 1. The third kappa shape index (κ3) is 3.17. The minimum absolute atomic E-state index is 0.146. The van der Waals surface area contributed by atoms with Gasteiger partial charge in [0.1, 0.15) is 0 Å².